The monoisotopic (exact) mass is 340 g/mol. The standard InChI is InChI=1S/C15H18F2N4O3/c1-14(2,23)4-5-21-9-7-11-10(6-8(9)19-13(21)18)20(3)12(22)15(16,17)24-11/h6-7,23H,4-5H2,1-3H3,(H2,18,19). The van der Waals surface area contributed by atoms with Crippen LogP contribution < -0.4 is 15.4 Å². The molecule has 2 heterocycles. The fraction of sp³-hybridized carbons (Fsp3) is 0.467. The fourth-order valence-corrected chi connectivity index (χ4v) is 2.61. The van der Waals surface area contributed by atoms with Crippen molar-refractivity contribution in [3.8, 4) is 5.75 Å². The summed E-state index contributed by atoms with van der Waals surface area (Å²) >= 11 is 0. The van der Waals surface area contributed by atoms with Crippen molar-refractivity contribution in [2.24, 2.45) is 0 Å². The molecule has 24 heavy (non-hydrogen) atoms. The van der Waals surface area contributed by atoms with Crippen LogP contribution in [0.1, 0.15) is 20.3 Å². The van der Waals surface area contributed by atoms with Crippen LogP contribution in [0.15, 0.2) is 12.1 Å². The van der Waals surface area contributed by atoms with Crippen LogP contribution >= 0.6 is 0 Å². The van der Waals surface area contributed by atoms with Gasteiger partial charge in [0.1, 0.15) is 0 Å². The van der Waals surface area contributed by atoms with Crippen LogP contribution in [-0.2, 0) is 11.3 Å². The Balaban J connectivity index is 2.09. The van der Waals surface area contributed by atoms with E-state index in [1.54, 1.807) is 18.4 Å². The average Bonchev–Trinajstić information content (AvgIpc) is 2.75. The van der Waals surface area contributed by atoms with Crippen molar-refractivity contribution in [3.05, 3.63) is 12.1 Å². The number of anilines is 2. The largest absolute Gasteiger partial charge is 0.482 e. The van der Waals surface area contributed by atoms with E-state index in [1.807, 2.05) is 0 Å². The van der Waals surface area contributed by atoms with Gasteiger partial charge in [0, 0.05) is 19.7 Å². The van der Waals surface area contributed by atoms with Gasteiger partial charge in [0.05, 0.1) is 22.3 Å². The van der Waals surface area contributed by atoms with E-state index in [1.165, 1.54) is 19.2 Å². The second-order valence-corrected chi connectivity index (χ2v) is 6.48. The molecule has 0 unspecified atom stereocenters. The second kappa shape index (κ2) is 5.04. The molecule has 2 aromatic rings. The second-order valence-electron chi connectivity index (χ2n) is 6.48. The average molecular weight is 340 g/mol. The van der Waals surface area contributed by atoms with Gasteiger partial charge in [0.2, 0.25) is 5.95 Å². The molecule has 1 aliphatic heterocycles. The lowest BCUT2D eigenvalue weighted by atomic mass is 10.1. The van der Waals surface area contributed by atoms with Crippen molar-refractivity contribution in [2.75, 3.05) is 17.7 Å². The lowest BCUT2D eigenvalue weighted by Gasteiger charge is -2.30. The van der Waals surface area contributed by atoms with Gasteiger partial charge in [-0.3, -0.25) is 4.79 Å². The number of aromatic nitrogens is 2. The van der Waals surface area contributed by atoms with Gasteiger partial charge in [-0.05, 0) is 26.3 Å². The fourth-order valence-electron chi connectivity index (χ4n) is 2.61. The number of likely N-dealkylation sites (N-methyl/N-ethyl adjacent to an activating group) is 1. The quantitative estimate of drug-likeness (QED) is 0.887. The predicted molar refractivity (Wildman–Crippen MR) is 84.0 cm³/mol. The zero-order valence-electron chi connectivity index (χ0n) is 13.5. The molecule has 3 rings (SSSR count). The molecule has 7 nitrogen and oxygen atoms in total. The highest BCUT2D eigenvalue weighted by Gasteiger charge is 2.49. The number of alkyl halides is 2. The minimum Gasteiger partial charge on any atom is -0.423 e. The summed E-state index contributed by atoms with van der Waals surface area (Å²) < 4.78 is 33.5. The zero-order chi connectivity index (χ0) is 17.9. The van der Waals surface area contributed by atoms with Crippen LogP contribution in [0, 0.1) is 0 Å². The Morgan fingerprint density at radius 3 is 2.71 bits per heavy atom. The van der Waals surface area contributed by atoms with E-state index >= 15 is 0 Å². The number of aryl methyl sites for hydroxylation is 1. The Bertz CT molecular complexity index is 826. The van der Waals surface area contributed by atoms with Crippen LogP contribution in [0.5, 0.6) is 5.75 Å². The molecule has 130 valence electrons. The maximum absolute atomic E-state index is 13.6. The van der Waals surface area contributed by atoms with Crippen molar-refractivity contribution in [3.63, 3.8) is 0 Å². The molecular formula is C15H18F2N4O3. The summed E-state index contributed by atoms with van der Waals surface area (Å²) in [5.41, 5.74) is 6.14. The van der Waals surface area contributed by atoms with E-state index in [-0.39, 0.29) is 17.4 Å². The van der Waals surface area contributed by atoms with Crippen molar-refractivity contribution >= 4 is 28.6 Å². The normalized spacial score (nSPS) is 17.1. The summed E-state index contributed by atoms with van der Waals surface area (Å²) in [6.45, 7) is 3.68. The molecule has 1 aliphatic rings. The number of carbonyl (C=O) groups is 1. The number of carbonyl (C=O) groups excluding carboxylic acids is 1. The maximum atomic E-state index is 13.6. The molecule has 1 aromatic carbocycles. The van der Waals surface area contributed by atoms with Gasteiger partial charge in [-0.15, -0.1) is 0 Å². The number of fused-ring (bicyclic) bond motifs is 2. The van der Waals surface area contributed by atoms with Gasteiger partial charge in [-0.25, -0.2) is 4.98 Å². The minimum atomic E-state index is -3.92. The molecule has 1 aromatic heterocycles. The first-order chi connectivity index (χ1) is 11.0. The first kappa shape index (κ1) is 16.4. The van der Waals surface area contributed by atoms with Gasteiger partial charge < -0.3 is 25.0 Å². The predicted octanol–water partition coefficient (Wildman–Crippen LogP) is 1.73. The highest BCUT2D eigenvalue weighted by molar-refractivity contribution is 6.02. The number of rotatable bonds is 3. The number of amides is 1. The van der Waals surface area contributed by atoms with Crippen LogP contribution in [0.2, 0.25) is 0 Å². The highest BCUT2D eigenvalue weighted by atomic mass is 19.3. The lowest BCUT2D eigenvalue weighted by molar-refractivity contribution is -0.192. The van der Waals surface area contributed by atoms with Crippen LogP contribution in [0.25, 0.3) is 11.0 Å². The Morgan fingerprint density at radius 1 is 1.42 bits per heavy atom. The SMILES string of the molecule is CN1C(=O)C(F)(F)Oc2cc3c(cc21)nc(N)n3CCC(C)(C)O. The van der Waals surface area contributed by atoms with E-state index in [2.05, 4.69) is 9.72 Å². The molecule has 0 bridgehead atoms. The van der Waals surface area contributed by atoms with Crippen LogP contribution in [-0.4, -0.2) is 39.3 Å². The summed E-state index contributed by atoms with van der Waals surface area (Å²) in [5.74, 6) is -1.37. The molecule has 0 atom stereocenters. The van der Waals surface area contributed by atoms with Crippen molar-refractivity contribution in [1.82, 2.24) is 9.55 Å². The summed E-state index contributed by atoms with van der Waals surface area (Å²) in [5, 5.41) is 9.86. The smallest absolute Gasteiger partial charge is 0.423 e. The number of imidazole rings is 1. The topological polar surface area (TPSA) is 93.6 Å². The molecule has 0 spiro atoms. The van der Waals surface area contributed by atoms with Crippen molar-refractivity contribution in [2.45, 2.75) is 38.5 Å². The Morgan fingerprint density at radius 2 is 2.08 bits per heavy atom. The molecule has 0 radical (unpaired) electrons. The number of nitrogens with two attached hydrogens (primary N) is 1. The summed E-state index contributed by atoms with van der Waals surface area (Å²) in [6, 6.07) is 2.87. The number of nitrogen functional groups attached to an aromatic ring is 1. The van der Waals surface area contributed by atoms with E-state index < -0.39 is 17.6 Å². The molecule has 0 fully saturated rings. The first-order valence-corrected chi connectivity index (χ1v) is 7.37. The molecule has 1 amide bonds. The highest BCUT2D eigenvalue weighted by Crippen LogP contribution is 2.41. The Labute approximate surface area is 136 Å². The first-order valence-electron chi connectivity index (χ1n) is 7.37. The number of aliphatic hydroxyl groups is 1. The van der Waals surface area contributed by atoms with E-state index in [0.29, 0.717) is 24.0 Å². The van der Waals surface area contributed by atoms with E-state index in [4.69, 9.17) is 5.73 Å². The van der Waals surface area contributed by atoms with Gasteiger partial charge in [-0.1, -0.05) is 0 Å². The summed E-state index contributed by atoms with van der Waals surface area (Å²) in [4.78, 5) is 16.6. The third-order valence-electron chi connectivity index (χ3n) is 3.96. The number of nitrogens with zero attached hydrogens (tertiary/aromatic N) is 3. The number of benzene rings is 1. The number of ether oxygens (including phenoxy) is 1. The lowest BCUT2D eigenvalue weighted by Crippen LogP contribution is -2.49. The van der Waals surface area contributed by atoms with Crippen LogP contribution in [0.4, 0.5) is 20.4 Å². The van der Waals surface area contributed by atoms with Crippen LogP contribution in [0.3, 0.4) is 0 Å². The third-order valence-corrected chi connectivity index (χ3v) is 3.96. The molecule has 0 saturated carbocycles. The van der Waals surface area contributed by atoms with Crippen molar-refractivity contribution < 1.29 is 23.4 Å². The van der Waals surface area contributed by atoms with E-state index in [9.17, 15) is 18.7 Å². The summed E-state index contributed by atoms with van der Waals surface area (Å²) in [6.07, 6.45) is -3.52. The number of hydrogen-bond acceptors (Lipinski definition) is 5. The van der Waals surface area contributed by atoms with E-state index in [0.717, 1.165) is 4.90 Å². The number of halogens is 2. The van der Waals surface area contributed by atoms with Crippen molar-refractivity contribution in [1.29, 1.82) is 0 Å². The van der Waals surface area contributed by atoms with Gasteiger partial charge in [-0.2, -0.15) is 8.78 Å². The molecule has 0 aliphatic carbocycles. The number of hydrogen-bond donors (Lipinski definition) is 2. The zero-order valence-corrected chi connectivity index (χ0v) is 13.5. The van der Waals surface area contributed by atoms with Gasteiger partial charge in [0.25, 0.3) is 0 Å². The third kappa shape index (κ3) is 2.64. The minimum absolute atomic E-state index is 0.126. The molecule has 3 N–H and O–H groups in total. The Kier molecular flexibility index (Phi) is 3.45. The Hall–Kier alpha value is -2.42. The maximum Gasteiger partial charge on any atom is 0.482 e. The van der Waals surface area contributed by atoms with Gasteiger partial charge in [0.15, 0.2) is 5.75 Å². The summed E-state index contributed by atoms with van der Waals surface area (Å²) in [7, 11) is 1.25. The van der Waals surface area contributed by atoms with Gasteiger partial charge >= 0.3 is 12.0 Å². The molecule has 9 heteroatoms. The molecule has 0 saturated heterocycles. The molecular weight excluding hydrogens is 322 g/mol.